The summed E-state index contributed by atoms with van der Waals surface area (Å²) in [6.07, 6.45) is -0.506. The van der Waals surface area contributed by atoms with E-state index in [0.717, 1.165) is 18.4 Å². The maximum atomic E-state index is 12.3. The largest absolute Gasteiger partial charge is 0.389 e. The summed E-state index contributed by atoms with van der Waals surface area (Å²) in [6, 6.07) is 6.30. The van der Waals surface area contributed by atoms with Gasteiger partial charge in [-0.3, -0.25) is 0 Å². The van der Waals surface area contributed by atoms with Gasteiger partial charge >= 0.3 is 6.18 Å². The van der Waals surface area contributed by atoms with E-state index in [1.54, 1.807) is 0 Å². The molecule has 1 aliphatic rings. The van der Waals surface area contributed by atoms with Crippen molar-refractivity contribution < 1.29 is 13.2 Å². The van der Waals surface area contributed by atoms with Crippen molar-refractivity contribution in [2.75, 3.05) is 6.54 Å². The minimum Gasteiger partial charge on any atom is -0.314 e. The molecule has 1 atom stereocenters. The van der Waals surface area contributed by atoms with Crippen LogP contribution in [0, 0.1) is 0 Å². The van der Waals surface area contributed by atoms with Crippen LogP contribution in [0.1, 0.15) is 42.9 Å². The second-order valence-electron chi connectivity index (χ2n) is 5.57. The predicted octanol–water partition coefficient (Wildman–Crippen LogP) is 4.04. The van der Waals surface area contributed by atoms with Gasteiger partial charge in [0.25, 0.3) is 0 Å². The Morgan fingerprint density at radius 1 is 1.20 bits per heavy atom. The molecule has 1 nitrogen and oxygen atoms in total. The smallest absolute Gasteiger partial charge is 0.314 e. The van der Waals surface area contributed by atoms with Crippen molar-refractivity contribution in [3.05, 3.63) is 34.9 Å². The van der Waals surface area contributed by atoms with Crippen LogP contribution in [0.3, 0.4) is 0 Å². The van der Waals surface area contributed by atoms with Crippen molar-refractivity contribution >= 4 is 0 Å². The molecule has 0 radical (unpaired) electrons. The van der Waals surface area contributed by atoms with E-state index in [-0.39, 0.29) is 12.5 Å². The highest BCUT2D eigenvalue weighted by Gasteiger charge is 2.28. The average molecular weight is 285 g/mol. The lowest BCUT2D eigenvalue weighted by atomic mass is 9.98. The van der Waals surface area contributed by atoms with Crippen LogP contribution in [0.5, 0.6) is 0 Å². The highest BCUT2D eigenvalue weighted by Crippen LogP contribution is 2.25. The number of nitrogens with one attached hydrogen (secondary N) is 1. The van der Waals surface area contributed by atoms with Crippen LogP contribution >= 0.6 is 0 Å². The van der Waals surface area contributed by atoms with Gasteiger partial charge in [-0.05, 0) is 55.3 Å². The molecule has 1 aromatic rings. The average Bonchev–Trinajstić information content (AvgIpc) is 2.82. The summed E-state index contributed by atoms with van der Waals surface area (Å²) in [4.78, 5) is 0. The molecular formula is C16H22F3N. The number of benzene rings is 1. The summed E-state index contributed by atoms with van der Waals surface area (Å²) in [6.45, 7) is 2.64. The molecule has 0 saturated heterocycles. The molecule has 0 amide bonds. The maximum Gasteiger partial charge on any atom is 0.389 e. The molecule has 0 fully saturated rings. The van der Waals surface area contributed by atoms with E-state index in [2.05, 4.69) is 23.5 Å². The molecule has 0 heterocycles. The van der Waals surface area contributed by atoms with Gasteiger partial charge in [0.15, 0.2) is 0 Å². The van der Waals surface area contributed by atoms with Crippen LogP contribution in [-0.4, -0.2) is 18.8 Å². The first-order chi connectivity index (χ1) is 9.48. The summed E-state index contributed by atoms with van der Waals surface area (Å²) in [5.41, 5.74) is 3.94. The van der Waals surface area contributed by atoms with E-state index >= 15 is 0 Å². The first-order valence-electron chi connectivity index (χ1n) is 7.39. The molecule has 1 aliphatic carbocycles. The van der Waals surface area contributed by atoms with Crippen LogP contribution in [0.25, 0.3) is 0 Å². The third-order valence-corrected chi connectivity index (χ3v) is 3.91. The fourth-order valence-corrected chi connectivity index (χ4v) is 2.94. The van der Waals surface area contributed by atoms with Gasteiger partial charge in [0.1, 0.15) is 0 Å². The normalized spacial score (nSPS) is 16.2. The van der Waals surface area contributed by atoms with E-state index in [4.69, 9.17) is 0 Å². The van der Waals surface area contributed by atoms with E-state index in [1.807, 2.05) is 6.92 Å². The number of fused-ring (bicyclic) bond motifs is 1. The van der Waals surface area contributed by atoms with E-state index in [9.17, 15) is 13.2 Å². The molecule has 20 heavy (non-hydrogen) atoms. The Kier molecular flexibility index (Phi) is 5.08. The number of aryl methyl sites for hydroxylation is 2. The van der Waals surface area contributed by atoms with Crippen LogP contribution in [-0.2, 0) is 19.3 Å². The SMILES string of the molecule is CCNC(CCC(F)(F)F)Cc1ccc2c(c1)CCC2. The van der Waals surface area contributed by atoms with E-state index in [1.165, 1.54) is 17.5 Å². The molecule has 0 aliphatic heterocycles. The fraction of sp³-hybridized carbons (Fsp3) is 0.625. The Morgan fingerprint density at radius 3 is 2.65 bits per heavy atom. The number of alkyl halides is 3. The van der Waals surface area contributed by atoms with Gasteiger partial charge < -0.3 is 5.32 Å². The molecule has 1 N–H and O–H groups in total. The van der Waals surface area contributed by atoms with Crippen LogP contribution in [0.15, 0.2) is 18.2 Å². The Hall–Kier alpha value is -1.03. The Morgan fingerprint density at radius 2 is 1.95 bits per heavy atom. The van der Waals surface area contributed by atoms with Gasteiger partial charge in [0.2, 0.25) is 0 Å². The van der Waals surface area contributed by atoms with Crippen molar-refractivity contribution in [1.82, 2.24) is 5.32 Å². The van der Waals surface area contributed by atoms with Crippen molar-refractivity contribution in [2.45, 2.75) is 57.7 Å². The minimum atomic E-state index is -4.06. The summed E-state index contributed by atoms with van der Waals surface area (Å²) in [5, 5.41) is 3.17. The zero-order valence-corrected chi connectivity index (χ0v) is 11.9. The summed E-state index contributed by atoms with van der Waals surface area (Å²) in [5.74, 6) is 0. The molecule has 0 bridgehead atoms. The molecule has 4 heteroatoms. The number of rotatable bonds is 6. The van der Waals surface area contributed by atoms with Crippen LogP contribution in [0.2, 0.25) is 0 Å². The number of halogens is 3. The molecule has 0 saturated carbocycles. The Balaban J connectivity index is 1.96. The lowest BCUT2D eigenvalue weighted by Crippen LogP contribution is -2.32. The molecule has 2 rings (SSSR count). The molecule has 0 spiro atoms. The molecule has 112 valence electrons. The highest BCUT2D eigenvalue weighted by molar-refractivity contribution is 5.35. The topological polar surface area (TPSA) is 12.0 Å². The summed E-state index contributed by atoms with van der Waals surface area (Å²) >= 11 is 0. The maximum absolute atomic E-state index is 12.3. The Bertz CT molecular complexity index is 440. The van der Waals surface area contributed by atoms with Crippen molar-refractivity contribution in [1.29, 1.82) is 0 Å². The number of likely N-dealkylation sites (N-methyl/N-ethyl adjacent to an activating group) is 1. The summed E-state index contributed by atoms with van der Waals surface area (Å²) in [7, 11) is 0. The minimum absolute atomic E-state index is 0.0962. The standard InChI is InChI=1S/C16H22F3N/c1-2-20-15(8-9-16(17,18)19)11-12-6-7-13-4-3-5-14(13)10-12/h6-7,10,15,20H,2-5,8-9,11H2,1H3. The lowest BCUT2D eigenvalue weighted by molar-refractivity contribution is -0.136. The van der Waals surface area contributed by atoms with Gasteiger partial charge in [-0.2, -0.15) is 13.2 Å². The number of hydrogen-bond donors (Lipinski definition) is 1. The van der Waals surface area contributed by atoms with Crippen molar-refractivity contribution in [3.63, 3.8) is 0 Å². The first kappa shape index (κ1) is 15.4. The van der Waals surface area contributed by atoms with Gasteiger partial charge in [-0.1, -0.05) is 25.1 Å². The van der Waals surface area contributed by atoms with Crippen LogP contribution < -0.4 is 5.32 Å². The molecule has 1 aromatic carbocycles. The van der Waals surface area contributed by atoms with Gasteiger partial charge in [-0.15, -0.1) is 0 Å². The second kappa shape index (κ2) is 6.61. The number of hydrogen-bond acceptors (Lipinski definition) is 1. The quantitative estimate of drug-likeness (QED) is 0.832. The third-order valence-electron chi connectivity index (χ3n) is 3.91. The fourth-order valence-electron chi connectivity index (χ4n) is 2.94. The Labute approximate surface area is 118 Å². The van der Waals surface area contributed by atoms with E-state index < -0.39 is 12.6 Å². The van der Waals surface area contributed by atoms with Gasteiger partial charge in [-0.25, -0.2) is 0 Å². The third kappa shape index (κ3) is 4.51. The van der Waals surface area contributed by atoms with Gasteiger partial charge in [0, 0.05) is 12.5 Å². The lowest BCUT2D eigenvalue weighted by Gasteiger charge is -2.19. The molecule has 1 unspecified atom stereocenters. The monoisotopic (exact) mass is 285 g/mol. The van der Waals surface area contributed by atoms with Crippen molar-refractivity contribution in [2.24, 2.45) is 0 Å². The van der Waals surface area contributed by atoms with E-state index in [0.29, 0.717) is 13.0 Å². The predicted molar refractivity (Wildman–Crippen MR) is 74.9 cm³/mol. The van der Waals surface area contributed by atoms with Gasteiger partial charge in [0.05, 0.1) is 0 Å². The zero-order chi connectivity index (χ0) is 14.6. The van der Waals surface area contributed by atoms with Crippen LogP contribution in [0.4, 0.5) is 13.2 Å². The zero-order valence-electron chi connectivity index (χ0n) is 11.9. The second-order valence-corrected chi connectivity index (χ2v) is 5.57. The first-order valence-corrected chi connectivity index (χ1v) is 7.39. The highest BCUT2D eigenvalue weighted by atomic mass is 19.4. The van der Waals surface area contributed by atoms with Crippen molar-refractivity contribution in [3.8, 4) is 0 Å². The summed E-state index contributed by atoms with van der Waals surface area (Å²) < 4.78 is 37.0. The molecular weight excluding hydrogens is 263 g/mol. The molecule has 0 aromatic heterocycles.